The first kappa shape index (κ1) is 15.5. The minimum absolute atomic E-state index is 0.241. The number of pyridine rings is 1. The van der Waals surface area contributed by atoms with Crippen molar-refractivity contribution in [3.05, 3.63) is 22.8 Å². The summed E-state index contributed by atoms with van der Waals surface area (Å²) < 4.78 is 5.75. The van der Waals surface area contributed by atoms with Crippen molar-refractivity contribution < 1.29 is 9.53 Å². The molecular formula is C12H17BrN2O2S. The molecule has 1 heterocycles. The highest BCUT2D eigenvalue weighted by Crippen LogP contribution is 2.22. The number of ether oxygens (including phenoxy) is 1. The minimum atomic E-state index is -0.642. The van der Waals surface area contributed by atoms with E-state index in [2.05, 4.69) is 26.2 Å². The van der Waals surface area contributed by atoms with Gasteiger partial charge < -0.3 is 10.1 Å². The third kappa shape index (κ3) is 4.26. The SMILES string of the molecule is CNC(C)(CCSc1ccc(Br)cn1)C(=O)OC. The Kier molecular flexibility index (Phi) is 6.11. The summed E-state index contributed by atoms with van der Waals surface area (Å²) in [6.07, 6.45) is 2.44. The van der Waals surface area contributed by atoms with Crippen molar-refractivity contribution in [1.82, 2.24) is 10.3 Å². The van der Waals surface area contributed by atoms with Crippen molar-refractivity contribution in [1.29, 1.82) is 0 Å². The summed E-state index contributed by atoms with van der Waals surface area (Å²) >= 11 is 4.96. The molecule has 0 bridgehead atoms. The van der Waals surface area contributed by atoms with E-state index in [0.717, 1.165) is 15.3 Å². The molecular weight excluding hydrogens is 316 g/mol. The van der Waals surface area contributed by atoms with Gasteiger partial charge in [-0.05, 0) is 48.5 Å². The molecule has 1 aromatic rings. The average Bonchev–Trinajstić information content (AvgIpc) is 2.39. The van der Waals surface area contributed by atoms with Crippen LogP contribution in [0.15, 0.2) is 27.8 Å². The highest BCUT2D eigenvalue weighted by molar-refractivity contribution is 9.10. The molecule has 0 radical (unpaired) electrons. The van der Waals surface area contributed by atoms with Crippen LogP contribution in [0.5, 0.6) is 0 Å². The zero-order chi connectivity index (χ0) is 13.6. The number of hydrogen-bond acceptors (Lipinski definition) is 5. The number of rotatable bonds is 6. The largest absolute Gasteiger partial charge is 0.468 e. The Morgan fingerprint density at radius 1 is 1.61 bits per heavy atom. The first-order valence-corrected chi connectivity index (χ1v) is 7.31. The van der Waals surface area contributed by atoms with E-state index < -0.39 is 5.54 Å². The molecule has 0 fully saturated rings. The Morgan fingerprint density at radius 2 is 2.33 bits per heavy atom. The molecule has 1 rings (SSSR count). The highest BCUT2D eigenvalue weighted by Gasteiger charge is 2.31. The Balaban J connectivity index is 2.49. The summed E-state index contributed by atoms with van der Waals surface area (Å²) in [6.45, 7) is 1.84. The number of hydrogen-bond donors (Lipinski definition) is 1. The Hall–Kier alpha value is -0.590. The molecule has 6 heteroatoms. The fraction of sp³-hybridized carbons (Fsp3) is 0.500. The summed E-state index contributed by atoms with van der Waals surface area (Å²) in [5.41, 5.74) is -0.642. The van der Waals surface area contributed by atoms with Crippen LogP contribution in [0.3, 0.4) is 0 Å². The maximum Gasteiger partial charge on any atom is 0.325 e. The minimum Gasteiger partial charge on any atom is -0.468 e. The number of carbonyl (C=O) groups excluding carboxylic acids is 1. The number of methoxy groups -OCH3 is 1. The molecule has 0 spiro atoms. The molecule has 1 N–H and O–H groups in total. The van der Waals surface area contributed by atoms with Gasteiger partial charge in [0.1, 0.15) is 5.54 Å². The van der Waals surface area contributed by atoms with Gasteiger partial charge in [0.15, 0.2) is 0 Å². The molecule has 0 aliphatic rings. The lowest BCUT2D eigenvalue weighted by Gasteiger charge is -2.25. The van der Waals surface area contributed by atoms with Crippen LogP contribution in [0.4, 0.5) is 0 Å². The third-order valence-corrected chi connectivity index (χ3v) is 4.15. The summed E-state index contributed by atoms with van der Waals surface area (Å²) in [4.78, 5) is 15.9. The predicted molar refractivity (Wildman–Crippen MR) is 76.8 cm³/mol. The number of carbonyl (C=O) groups is 1. The number of esters is 1. The Bertz CT molecular complexity index is 400. The van der Waals surface area contributed by atoms with Crippen molar-refractivity contribution in [3.8, 4) is 0 Å². The molecule has 0 aliphatic heterocycles. The van der Waals surface area contributed by atoms with Gasteiger partial charge in [-0.2, -0.15) is 0 Å². The molecule has 0 saturated heterocycles. The smallest absolute Gasteiger partial charge is 0.325 e. The predicted octanol–water partition coefficient (Wildman–Crippen LogP) is 2.48. The van der Waals surface area contributed by atoms with E-state index in [1.165, 1.54) is 7.11 Å². The van der Waals surface area contributed by atoms with E-state index in [1.54, 1.807) is 25.0 Å². The molecule has 1 unspecified atom stereocenters. The van der Waals surface area contributed by atoms with E-state index in [4.69, 9.17) is 4.74 Å². The maximum absolute atomic E-state index is 11.6. The van der Waals surface area contributed by atoms with Crippen LogP contribution in [-0.4, -0.2) is 36.4 Å². The number of thioether (sulfide) groups is 1. The van der Waals surface area contributed by atoms with Crippen LogP contribution >= 0.6 is 27.7 Å². The number of nitrogens with zero attached hydrogens (tertiary/aromatic N) is 1. The summed E-state index contributed by atoms with van der Waals surface area (Å²) in [7, 11) is 3.17. The lowest BCUT2D eigenvalue weighted by Crippen LogP contribution is -2.48. The fourth-order valence-corrected chi connectivity index (χ4v) is 2.61. The summed E-state index contributed by atoms with van der Waals surface area (Å²) in [5, 5.41) is 3.95. The van der Waals surface area contributed by atoms with Crippen molar-refractivity contribution in [3.63, 3.8) is 0 Å². The number of halogens is 1. The van der Waals surface area contributed by atoms with Gasteiger partial charge >= 0.3 is 5.97 Å². The van der Waals surface area contributed by atoms with Crippen LogP contribution in [0, 0.1) is 0 Å². The van der Waals surface area contributed by atoms with E-state index in [1.807, 2.05) is 19.1 Å². The van der Waals surface area contributed by atoms with Crippen molar-refractivity contribution >= 4 is 33.7 Å². The summed E-state index contributed by atoms with van der Waals surface area (Å²) in [5.74, 6) is 0.551. The van der Waals surface area contributed by atoms with Gasteiger partial charge in [0, 0.05) is 16.4 Å². The molecule has 0 amide bonds. The second kappa shape index (κ2) is 7.11. The molecule has 4 nitrogen and oxygen atoms in total. The number of nitrogens with one attached hydrogen (secondary N) is 1. The van der Waals surface area contributed by atoms with E-state index in [0.29, 0.717) is 6.42 Å². The van der Waals surface area contributed by atoms with Gasteiger partial charge in [-0.15, -0.1) is 11.8 Å². The second-order valence-electron chi connectivity index (χ2n) is 3.99. The number of likely N-dealkylation sites (N-methyl/N-ethyl adjacent to an activating group) is 1. The molecule has 1 aromatic heterocycles. The fourth-order valence-electron chi connectivity index (χ4n) is 1.36. The average molecular weight is 333 g/mol. The van der Waals surface area contributed by atoms with Gasteiger partial charge in [0.2, 0.25) is 0 Å². The molecule has 0 aliphatic carbocycles. The van der Waals surface area contributed by atoms with Gasteiger partial charge in [-0.3, -0.25) is 4.79 Å². The van der Waals surface area contributed by atoms with Crippen LogP contribution in [0.25, 0.3) is 0 Å². The zero-order valence-electron chi connectivity index (χ0n) is 10.7. The maximum atomic E-state index is 11.6. The zero-order valence-corrected chi connectivity index (χ0v) is 13.1. The van der Waals surface area contributed by atoms with Gasteiger partial charge in [-0.25, -0.2) is 4.98 Å². The van der Waals surface area contributed by atoms with Crippen LogP contribution < -0.4 is 5.32 Å². The summed E-state index contributed by atoms with van der Waals surface area (Å²) in [6, 6.07) is 3.90. The number of aromatic nitrogens is 1. The Labute approximate surface area is 120 Å². The molecule has 18 heavy (non-hydrogen) atoms. The normalized spacial score (nSPS) is 14.0. The Morgan fingerprint density at radius 3 is 2.83 bits per heavy atom. The van der Waals surface area contributed by atoms with E-state index in [-0.39, 0.29) is 5.97 Å². The monoisotopic (exact) mass is 332 g/mol. The van der Waals surface area contributed by atoms with Gasteiger partial charge in [0.05, 0.1) is 12.1 Å². The van der Waals surface area contributed by atoms with Crippen LogP contribution in [0.2, 0.25) is 0 Å². The molecule has 0 aromatic carbocycles. The van der Waals surface area contributed by atoms with Crippen LogP contribution in [-0.2, 0) is 9.53 Å². The lowest BCUT2D eigenvalue weighted by atomic mass is 10.00. The van der Waals surface area contributed by atoms with Gasteiger partial charge in [-0.1, -0.05) is 0 Å². The van der Waals surface area contributed by atoms with E-state index in [9.17, 15) is 4.79 Å². The molecule has 1 atom stereocenters. The lowest BCUT2D eigenvalue weighted by molar-refractivity contribution is -0.147. The highest BCUT2D eigenvalue weighted by atomic mass is 79.9. The molecule has 100 valence electrons. The second-order valence-corrected chi connectivity index (χ2v) is 6.02. The van der Waals surface area contributed by atoms with Crippen LogP contribution in [0.1, 0.15) is 13.3 Å². The first-order valence-electron chi connectivity index (χ1n) is 5.53. The van der Waals surface area contributed by atoms with Crippen molar-refractivity contribution in [2.75, 3.05) is 19.9 Å². The quantitative estimate of drug-likeness (QED) is 0.640. The van der Waals surface area contributed by atoms with Gasteiger partial charge in [0.25, 0.3) is 0 Å². The van der Waals surface area contributed by atoms with Crippen molar-refractivity contribution in [2.45, 2.75) is 23.9 Å². The first-order chi connectivity index (χ1) is 8.51. The molecule has 0 saturated carbocycles. The standard InChI is InChI=1S/C12H17BrN2O2S/c1-12(14-2,11(16)17-3)6-7-18-10-5-4-9(13)8-15-10/h4-5,8,14H,6-7H2,1-3H3. The topological polar surface area (TPSA) is 51.2 Å². The van der Waals surface area contributed by atoms with E-state index >= 15 is 0 Å². The third-order valence-electron chi connectivity index (χ3n) is 2.74. The van der Waals surface area contributed by atoms with Crippen molar-refractivity contribution in [2.24, 2.45) is 0 Å².